The number of thioether (sulfide) groups is 1. The van der Waals surface area contributed by atoms with Crippen molar-refractivity contribution < 1.29 is 0 Å². The fraction of sp³-hybridized carbons (Fsp3) is 0.250. The third-order valence-corrected chi connectivity index (χ3v) is 4.39. The van der Waals surface area contributed by atoms with E-state index in [1.165, 1.54) is 16.0 Å². The molecule has 0 amide bonds. The molecule has 2 aromatic carbocycles. The predicted octanol–water partition coefficient (Wildman–Crippen LogP) is 4.91. The second-order valence-corrected chi connectivity index (χ2v) is 5.99. The Morgan fingerprint density at radius 2 is 1.95 bits per heavy atom. The van der Waals surface area contributed by atoms with Gasteiger partial charge in [0.05, 0.1) is 0 Å². The number of hydrogen-bond donors (Lipinski definition) is 1. The van der Waals surface area contributed by atoms with Gasteiger partial charge in [0.15, 0.2) is 0 Å². The molecule has 19 heavy (non-hydrogen) atoms. The Balaban J connectivity index is 2.03. The van der Waals surface area contributed by atoms with E-state index in [1.54, 1.807) is 0 Å². The first kappa shape index (κ1) is 14.4. The monoisotopic (exact) mass is 291 g/mol. The van der Waals surface area contributed by atoms with Crippen molar-refractivity contribution >= 4 is 23.4 Å². The van der Waals surface area contributed by atoms with Crippen LogP contribution in [0.15, 0.2) is 53.4 Å². The van der Waals surface area contributed by atoms with Crippen LogP contribution in [0.4, 0.5) is 0 Å². The summed E-state index contributed by atoms with van der Waals surface area (Å²) in [5, 5.41) is 4.06. The third-order valence-electron chi connectivity index (χ3n) is 3.09. The van der Waals surface area contributed by atoms with E-state index in [0.29, 0.717) is 6.04 Å². The number of nitrogens with one attached hydrogen (secondary N) is 1. The van der Waals surface area contributed by atoms with Gasteiger partial charge in [-0.05, 0) is 49.4 Å². The van der Waals surface area contributed by atoms with Crippen molar-refractivity contribution in [3.8, 4) is 0 Å². The molecule has 1 atom stereocenters. The van der Waals surface area contributed by atoms with Gasteiger partial charge in [-0.1, -0.05) is 35.9 Å². The summed E-state index contributed by atoms with van der Waals surface area (Å²) in [6.45, 7) is 2.17. The summed E-state index contributed by atoms with van der Waals surface area (Å²) < 4.78 is 0. The summed E-state index contributed by atoms with van der Waals surface area (Å²) >= 11 is 7.83. The van der Waals surface area contributed by atoms with Crippen molar-refractivity contribution in [2.24, 2.45) is 0 Å². The third kappa shape index (κ3) is 4.27. The van der Waals surface area contributed by atoms with Crippen LogP contribution in [0.25, 0.3) is 0 Å². The summed E-state index contributed by atoms with van der Waals surface area (Å²) in [4.78, 5) is 1.29. The topological polar surface area (TPSA) is 12.0 Å². The van der Waals surface area contributed by atoms with Crippen LogP contribution >= 0.6 is 23.4 Å². The van der Waals surface area contributed by atoms with E-state index in [1.807, 2.05) is 37.0 Å². The van der Waals surface area contributed by atoms with Gasteiger partial charge in [0.25, 0.3) is 0 Å². The minimum atomic E-state index is 0.381. The molecule has 0 aliphatic carbocycles. The van der Waals surface area contributed by atoms with Gasteiger partial charge in [-0.15, -0.1) is 11.8 Å². The zero-order valence-corrected chi connectivity index (χ0v) is 12.8. The fourth-order valence-corrected chi connectivity index (χ4v) is 2.95. The largest absolute Gasteiger partial charge is 0.313 e. The summed E-state index contributed by atoms with van der Waals surface area (Å²) in [6.07, 6.45) is 0. The Labute approximate surface area is 124 Å². The number of halogens is 1. The molecule has 0 bridgehead atoms. The second kappa shape index (κ2) is 6.99. The van der Waals surface area contributed by atoms with Gasteiger partial charge in [0.2, 0.25) is 0 Å². The SMILES string of the molecule is CNC(C)c1cccc(SCc2cccc(Cl)c2)c1. The lowest BCUT2D eigenvalue weighted by molar-refractivity contribution is 0.651. The fourth-order valence-electron chi connectivity index (χ4n) is 1.83. The van der Waals surface area contributed by atoms with E-state index in [4.69, 9.17) is 11.6 Å². The molecule has 0 heterocycles. The van der Waals surface area contributed by atoms with E-state index < -0.39 is 0 Å². The van der Waals surface area contributed by atoms with Crippen molar-refractivity contribution in [3.05, 3.63) is 64.7 Å². The summed E-state index contributed by atoms with van der Waals surface area (Å²) in [5.41, 5.74) is 2.57. The smallest absolute Gasteiger partial charge is 0.0409 e. The Hall–Kier alpha value is -0.960. The first-order valence-corrected chi connectivity index (χ1v) is 7.70. The van der Waals surface area contributed by atoms with Crippen molar-refractivity contribution in [1.82, 2.24) is 5.32 Å². The minimum absolute atomic E-state index is 0.381. The first-order chi connectivity index (χ1) is 9.19. The first-order valence-electron chi connectivity index (χ1n) is 6.33. The maximum Gasteiger partial charge on any atom is 0.0409 e. The molecule has 0 saturated carbocycles. The highest BCUT2D eigenvalue weighted by atomic mass is 35.5. The molecule has 1 unspecified atom stereocenters. The molecular weight excluding hydrogens is 274 g/mol. The number of benzene rings is 2. The molecule has 0 saturated heterocycles. The van der Waals surface area contributed by atoms with E-state index in [9.17, 15) is 0 Å². The Bertz CT molecular complexity index is 542. The molecule has 0 aliphatic rings. The van der Waals surface area contributed by atoms with Gasteiger partial charge in [-0.25, -0.2) is 0 Å². The molecule has 0 spiro atoms. The summed E-state index contributed by atoms with van der Waals surface area (Å²) in [7, 11) is 1.98. The molecule has 1 N–H and O–H groups in total. The van der Waals surface area contributed by atoms with Crippen LogP contribution in [-0.2, 0) is 5.75 Å². The average molecular weight is 292 g/mol. The van der Waals surface area contributed by atoms with Crippen molar-refractivity contribution in [2.45, 2.75) is 23.6 Å². The van der Waals surface area contributed by atoms with Crippen molar-refractivity contribution in [1.29, 1.82) is 0 Å². The molecule has 100 valence electrons. The zero-order chi connectivity index (χ0) is 13.7. The van der Waals surface area contributed by atoms with Gasteiger partial charge in [-0.3, -0.25) is 0 Å². The molecular formula is C16H18ClNS. The highest BCUT2D eigenvalue weighted by molar-refractivity contribution is 7.98. The summed E-state index contributed by atoms with van der Waals surface area (Å²) in [6, 6.07) is 17.1. The van der Waals surface area contributed by atoms with Gasteiger partial charge in [0.1, 0.15) is 0 Å². The maximum atomic E-state index is 5.99. The van der Waals surface area contributed by atoms with Crippen LogP contribution in [0.3, 0.4) is 0 Å². The highest BCUT2D eigenvalue weighted by Gasteiger charge is 2.03. The molecule has 0 fully saturated rings. The lowest BCUT2D eigenvalue weighted by Crippen LogP contribution is -2.11. The summed E-state index contributed by atoms with van der Waals surface area (Å²) in [5.74, 6) is 0.942. The molecule has 0 radical (unpaired) electrons. The van der Waals surface area contributed by atoms with Gasteiger partial charge in [0, 0.05) is 21.7 Å². The second-order valence-electron chi connectivity index (χ2n) is 4.50. The van der Waals surface area contributed by atoms with Crippen LogP contribution in [0.2, 0.25) is 5.02 Å². The van der Waals surface area contributed by atoms with Crippen LogP contribution < -0.4 is 5.32 Å². The molecule has 1 nitrogen and oxygen atoms in total. The average Bonchev–Trinajstić information content (AvgIpc) is 2.45. The zero-order valence-electron chi connectivity index (χ0n) is 11.2. The van der Waals surface area contributed by atoms with E-state index in [2.05, 4.69) is 42.6 Å². The minimum Gasteiger partial charge on any atom is -0.313 e. The predicted molar refractivity (Wildman–Crippen MR) is 84.9 cm³/mol. The molecule has 2 rings (SSSR count). The van der Waals surface area contributed by atoms with Crippen molar-refractivity contribution in [2.75, 3.05) is 7.05 Å². The highest BCUT2D eigenvalue weighted by Crippen LogP contribution is 2.26. The van der Waals surface area contributed by atoms with E-state index in [-0.39, 0.29) is 0 Å². The van der Waals surface area contributed by atoms with Crippen LogP contribution in [0.1, 0.15) is 24.1 Å². The number of rotatable bonds is 5. The van der Waals surface area contributed by atoms with E-state index >= 15 is 0 Å². The van der Waals surface area contributed by atoms with Crippen molar-refractivity contribution in [3.63, 3.8) is 0 Å². The van der Waals surface area contributed by atoms with Crippen LogP contribution in [0.5, 0.6) is 0 Å². The lowest BCUT2D eigenvalue weighted by atomic mass is 10.1. The standard InChI is InChI=1S/C16H18ClNS/c1-12(18-2)14-6-4-8-16(10-14)19-11-13-5-3-7-15(17)9-13/h3-10,12,18H,11H2,1-2H3. The van der Waals surface area contributed by atoms with Crippen LogP contribution in [-0.4, -0.2) is 7.05 Å². The van der Waals surface area contributed by atoms with Crippen LogP contribution in [0, 0.1) is 0 Å². The quantitative estimate of drug-likeness (QED) is 0.785. The van der Waals surface area contributed by atoms with Gasteiger partial charge < -0.3 is 5.32 Å². The maximum absolute atomic E-state index is 5.99. The Morgan fingerprint density at radius 1 is 1.16 bits per heavy atom. The normalized spacial score (nSPS) is 12.4. The van der Waals surface area contributed by atoms with Gasteiger partial charge in [-0.2, -0.15) is 0 Å². The molecule has 2 aromatic rings. The lowest BCUT2D eigenvalue weighted by Gasteiger charge is -2.11. The molecule has 0 aromatic heterocycles. The number of hydrogen-bond acceptors (Lipinski definition) is 2. The van der Waals surface area contributed by atoms with E-state index in [0.717, 1.165) is 10.8 Å². The Kier molecular flexibility index (Phi) is 5.32. The van der Waals surface area contributed by atoms with Gasteiger partial charge >= 0.3 is 0 Å². The Morgan fingerprint density at radius 3 is 2.68 bits per heavy atom. The molecule has 3 heteroatoms. The molecule has 0 aliphatic heterocycles.